The van der Waals surface area contributed by atoms with Crippen LogP contribution in [0.5, 0.6) is 5.75 Å². The maximum Gasteiger partial charge on any atom is 0.286 e. The predicted molar refractivity (Wildman–Crippen MR) is 84.0 cm³/mol. The fraction of sp³-hybridized carbons (Fsp3) is 0.125. The van der Waals surface area contributed by atoms with Crippen LogP contribution in [0, 0.1) is 0 Å². The molecule has 0 atom stereocenters. The number of amides is 1. The van der Waals surface area contributed by atoms with Crippen LogP contribution in [0.4, 0.5) is 0 Å². The van der Waals surface area contributed by atoms with E-state index in [1.54, 1.807) is 35.6 Å². The van der Waals surface area contributed by atoms with Crippen molar-refractivity contribution in [2.24, 2.45) is 0 Å². The van der Waals surface area contributed by atoms with Crippen molar-refractivity contribution in [3.63, 3.8) is 0 Å². The normalized spacial score (nSPS) is 10.5. The summed E-state index contributed by atoms with van der Waals surface area (Å²) in [6.45, 7) is 0.502. The molecule has 0 aliphatic heterocycles. The van der Waals surface area contributed by atoms with Gasteiger partial charge in [-0.05, 0) is 36.4 Å². The number of carbonyl (C=O) groups excluding carboxylic acids is 1. The van der Waals surface area contributed by atoms with Gasteiger partial charge in [-0.15, -0.1) is 11.3 Å². The van der Waals surface area contributed by atoms with Gasteiger partial charge in [0.25, 0.3) is 5.91 Å². The van der Waals surface area contributed by atoms with E-state index in [2.05, 4.69) is 10.3 Å². The van der Waals surface area contributed by atoms with Crippen LogP contribution in [0.25, 0.3) is 11.3 Å². The van der Waals surface area contributed by atoms with Crippen LogP contribution >= 0.6 is 11.3 Å². The number of nitrogens with zero attached hydrogens (tertiary/aromatic N) is 1. The standard InChI is InChI=1S/C16H14N2O3S/c19-12-5-3-11(4-6-12)13-10-22-15(18-13)7-8-17-16(20)14-2-1-9-21-14/h1-6,9-10,19H,7-8H2,(H,17,20). The van der Waals surface area contributed by atoms with Gasteiger partial charge in [0.15, 0.2) is 5.76 Å². The highest BCUT2D eigenvalue weighted by Gasteiger charge is 2.09. The second-order valence-corrected chi connectivity index (χ2v) is 5.60. The Balaban J connectivity index is 1.56. The lowest BCUT2D eigenvalue weighted by Gasteiger charge is -2.01. The summed E-state index contributed by atoms with van der Waals surface area (Å²) in [5.41, 5.74) is 1.83. The number of aromatic hydroxyl groups is 1. The summed E-state index contributed by atoms with van der Waals surface area (Å²) in [7, 11) is 0. The molecule has 112 valence electrons. The molecule has 0 fully saturated rings. The van der Waals surface area contributed by atoms with Gasteiger partial charge in [-0.1, -0.05) is 0 Å². The summed E-state index contributed by atoms with van der Waals surface area (Å²) in [6, 6.07) is 10.2. The third-order valence-electron chi connectivity index (χ3n) is 3.08. The first kappa shape index (κ1) is 14.3. The molecular weight excluding hydrogens is 300 g/mol. The zero-order valence-electron chi connectivity index (χ0n) is 11.7. The molecule has 0 saturated heterocycles. The molecule has 0 aliphatic carbocycles. The minimum absolute atomic E-state index is 0.222. The van der Waals surface area contributed by atoms with Crippen molar-refractivity contribution in [1.29, 1.82) is 0 Å². The van der Waals surface area contributed by atoms with E-state index in [4.69, 9.17) is 4.42 Å². The van der Waals surface area contributed by atoms with Crippen molar-refractivity contribution in [3.8, 4) is 17.0 Å². The molecule has 2 N–H and O–H groups in total. The number of phenols is 1. The zero-order valence-corrected chi connectivity index (χ0v) is 12.5. The molecule has 2 heterocycles. The molecule has 0 saturated carbocycles. The number of nitrogens with one attached hydrogen (secondary N) is 1. The van der Waals surface area contributed by atoms with E-state index < -0.39 is 0 Å². The molecule has 1 aromatic carbocycles. The number of thiazole rings is 1. The number of hydrogen-bond donors (Lipinski definition) is 2. The van der Waals surface area contributed by atoms with E-state index in [9.17, 15) is 9.90 Å². The molecule has 0 radical (unpaired) electrons. The largest absolute Gasteiger partial charge is 0.508 e. The van der Waals surface area contributed by atoms with Crippen LogP contribution in [-0.4, -0.2) is 22.5 Å². The van der Waals surface area contributed by atoms with Crippen molar-refractivity contribution in [3.05, 3.63) is 58.8 Å². The SMILES string of the molecule is O=C(NCCc1nc(-c2ccc(O)cc2)cs1)c1ccco1. The monoisotopic (exact) mass is 314 g/mol. The van der Waals surface area contributed by atoms with Gasteiger partial charge in [-0.25, -0.2) is 4.98 Å². The number of hydrogen-bond acceptors (Lipinski definition) is 5. The summed E-state index contributed by atoms with van der Waals surface area (Å²) in [5.74, 6) is 0.323. The molecule has 0 spiro atoms. The third kappa shape index (κ3) is 3.35. The Morgan fingerprint density at radius 2 is 2.09 bits per heavy atom. The van der Waals surface area contributed by atoms with Gasteiger partial charge in [0.2, 0.25) is 0 Å². The van der Waals surface area contributed by atoms with Gasteiger partial charge in [-0.3, -0.25) is 4.79 Å². The highest BCUT2D eigenvalue weighted by atomic mass is 32.1. The van der Waals surface area contributed by atoms with Crippen LogP contribution < -0.4 is 5.32 Å². The summed E-state index contributed by atoms with van der Waals surface area (Å²) in [4.78, 5) is 16.2. The smallest absolute Gasteiger partial charge is 0.286 e. The van der Waals surface area contributed by atoms with E-state index in [-0.39, 0.29) is 11.7 Å². The van der Waals surface area contributed by atoms with Crippen molar-refractivity contribution in [1.82, 2.24) is 10.3 Å². The Morgan fingerprint density at radius 1 is 1.27 bits per heavy atom. The Bertz CT molecular complexity index is 748. The van der Waals surface area contributed by atoms with Crippen molar-refractivity contribution in [2.75, 3.05) is 6.54 Å². The quantitative estimate of drug-likeness (QED) is 0.759. The van der Waals surface area contributed by atoms with E-state index in [1.807, 2.05) is 17.5 Å². The first-order chi connectivity index (χ1) is 10.7. The zero-order chi connectivity index (χ0) is 15.4. The van der Waals surface area contributed by atoms with E-state index in [1.165, 1.54) is 6.26 Å². The van der Waals surface area contributed by atoms with E-state index in [0.29, 0.717) is 18.7 Å². The molecule has 2 aromatic heterocycles. The maximum absolute atomic E-state index is 11.7. The number of rotatable bonds is 5. The van der Waals surface area contributed by atoms with Gasteiger partial charge in [0.05, 0.1) is 17.0 Å². The predicted octanol–water partition coefficient (Wildman–Crippen LogP) is 3.08. The molecule has 0 bridgehead atoms. The average molecular weight is 314 g/mol. The fourth-order valence-corrected chi connectivity index (χ4v) is 2.78. The Labute approximate surface area is 131 Å². The van der Waals surface area contributed by atoms with Gasteiger partial charge in [0.1, 0.15) is 5.75 Å². The Morgan fingerprint density at radius 3 is 2.82 bits per heavy atom. The van der Waals surface area contributed by atoms with E-state index in [0.717, 1.165) is 16.3 Å². The first-order valence-electron chi connectivity index (χ1n) is 6.78. The Kier molecular flexibility index (Phi) is 4.20. The average Bonchev–Trinajstić information content (AvgIpc) is 3.19. The van der Waals surface area contributed by atoms with Crippen LogP contribution in [0.15, 0.2) is 52.5 Å². The van der Waals surface area contributed by atoms with Crippen molar-refractivity contribution >= 4 is 17.2 Å². The molecule has 0 unspecified atom stereocenters. The molecule has 6 heteroatoms. The third-order valence-corrected chi connectivity index (χ3v) is 3.99. The lowest BCUT2D eigenvalue weighted by Crippen LogP contribution is -2.25. The molecule has 5 nitrogen and oxygen atoms in total. The maximum atomic E-state index is 11.7. The van der Waals surface area contributed by atoms with Gasteiger partial charge in [-0.2, -0.15) is 0 Å². The van der Waals surface area contributed by atoms with Gasteiger partial charge in [0, 0.05) is 23.9 Å². The lowest BCUT2D eigenvalue weighted by molar-refractivity contribution is 0.0926. The number of carbonyl (C=O) groups is 1. The second kappa shape index (κ2) is 6.44. The molecule has 22 heavy (non-hydrogen) atoms. The van der Waals surface area contributed by atoms with Crippen molar-refractivity contribution < 1.29 is 14.3 Å². The number of phenolic OH excluding ortho intramolecular Hbond substituents is 1. The number of aromatic nitrogens is 1. The highest BCUT2D eigenvalue weighted by Crippen LogP contribution is 2.23. The number of benzene rings is 1. The Hall–Kier alpha value is -2.60. The molecule has 0 aliphatic rings. The first-order valence-corrected chi connectivity index (χ1v) is 7.66. The van der Waals surface area contributed by atoms with Gasteiger partial charge >= 0.3 is 0 Å². The van der Waals surface area contributed by atoms with E-state index >= 15 is 0 Å². The summed E-state index contributed by atoms with van der Waals surface area (Å²) in [6.07, 6.45) is 2.13. The number of furan rings is 1. The summed E-state index contributed by atoms with van der Waals surface area (Å²) >= 11 is 1.55. The van der Waals surface area contributed by atoms with Crippen LogP contribution in [0.2, 0.25) is 0 Å². The molecule has 1 amide bonds. The topological polar surface area (TPSA) is 75.4 Å². The minimum Gasteiger partial charge on any atom is -0.508 e. The second-order valence-electron chi connectivity index (χ2n) is 4.66. The minimum atomic E-state index is -0.222. The van der Waals surface area contributed by atoms with Crippen LogP contribution in [0.1, 0.15) is 15.6 Å². The van der Waals surface area contributed by atoms with Crippen LogP contribution in [0.3, 0.4) is 0 Å². The summed E-state index contributed by atoms with van der Waals surface area (Å²) < 4.78 is 5.02. The fourth-order valence-electron chi connectivity index (χ4n) is 1.97. The molecule has 3 aromatic rings. The lowest BCUT2D eigenvalue weighted by atomic mass is 10.2. The molecule has 3 rings (SSSR count). The van der Waals surface area contributed by atoms with Gasteiger partial charge < -0.3 is 14.8 Å². The van der Waals surface area contributed by atoms with Crippen molar-refractivity contribution in [2.45, 2.75) is 6.42 Å². The molecular formula is C16H14N2O3S. The highest BCUT2D eigenvalue weighted by molar-refractivity contribution is 7.09. The van der Waals surface area contributed by atoms with Crippen LogP contribution in [-0.2, 0) is 6.42 Å². The summed E-state index contributed by atoms with van der Waals surface area (Å²) in [5, 5.41) is 15.0.